The largest absolute Gasteiger partial charge is 0.373 e. The fourth-order valence-corrected chi connectivity index (χ4v) is 6.18. The second kappa shape index (κ2) is 8.84. The number of ether oxygens (including phenoxy) is 1. The quantitative estimate of drug-likeness (QED) is 0.764. The molecule has 1 aliphatic heterocycles. The third kappa shape index (κ3) is 4.76. The van der Waals surface area contributed by atoms with E-state index >= 15 is 0 Å². The van der Waals surface area contributed by atoms with Crippen LogP contribution in [0, 0.1) is 5.92 Å². The number of nitrogens with zero attached hydrogens (tertiary/aromatic N) is 2. The number of carbonyl (C=O) groups is 1. The highest BCUT2D eigenvalue weighted by Gasteiger charge is 2.31. The number of rotatable bonds is 5. The average molecular weight is 446 g/mol. The van der Waals surface area contributed by atoms with Crippen molar-refractivity contribution >= 4 is 26.8 Å². The number of carbonyl (C=O) groups excluding carboxylic acids is 1. The minimum atomic E-state index is -3.47. The lowest BCUT2D eigenvalue weighted by molar-refractivity contribution is -0.0440. The number of hydrogen-bond acceptors (Lipinski definition) is 5. The van der Waals surface area contributed by atoms with E-state index in [2.05, 4.69) is 12.2 Å². The van der Waals surface area contributed by atoms with Crippen LogP contribution in [-0.4, -0.2) is 61.2 Å². The Morgan fingerprint density at radius 1 is 1.19 bits per heavy atom. The number of sulfonamides is 1. The summed E-state index contributed by atoms with van der Waals surface area (Å²) in [7, 11) is -3.47. The Kier molecular flexibility index (Phi) is 6.32. The van der Waals surface area contributed by atoms with Gasteiger partial charge in [0, 0.05) is 30.7 Å². The number of pyridine rings is 1. The summed E-state index contributed by atoms with van der Waals surface area (Å²) in [5.74, 6) is 0.148. The summed E-state index contributed by atoms with van der Waals surface area (Å²) in [5, 5.41) is 3.70. The molecular formula is C23H31N3O4S. The molecule has 2 heterocycles. The van der Waals surface area contributed by atoms with E-state index in [0.717, 1.165) is 41.4 Å². The average Bonchev–Trinajstić information content (AvgIpc) is 2.71. The van der Waals surface area contributed by atoms with Crippen molar-refractivity contribution in [2.75, 3.05) is 25.4 Å². The normalized spacial score (nSPS) is 24.7. The van der Waals surface area contributed by atoms with Crippen LogP contribution in [0.2, 0.25) is 0 Å². The summed E-state index contributed by atoms with van der Waals surface area (Å²) in [5.41, 5.74) is 3.46. The fraction of sp³-hybridized carbons (Fsp3) is 0.565. The minimum Gasteiger partial charge on any atom is -0.373 e. The lowest BCUT2D eigenvalue weighted by Gasteiger charge is -2.34. The van der Waals surface area contributed by atoms with Gasteiger partial charge in [0.05, 0.1) is 29.0 Å². The number of hydrogen-bond donors (Lipinski definition) is 1. The van der Waals surface area contributed by atoms with Gasteiger partial charge < -0.3 is 10.1 Å². The van der Waals surface area contributed by atoms with E-state index in [1.165, 1.54) is 4.31 Å². The number of nitrogens with one attached hydrogen (secondary N) is 1. The summed E-state index contributed by atoms with van der Waals surface area (Å²) in [4.78, 5) is 18.0. The highest BCUT2D eigenvalue weighted by Crippen LogP contribution is 2.31. The first-order valence-electron chi connectivity index (χ1n) is 11.1. The molecule has 1 fully saturated rings. The topological polar surface area (TPSA) is 88.6 Å². The van der Waals surface area contributed by atoms with E-state index in [1.54, 1.807) is 0 Å². The molecule has 168 valence electrons. The van der Waals surface area contributed by atoms with Crippen molar-refractivity contribution < 1.29 is 17.9 Å². The Morgan fingerprint density at radius 3 is 2.65 bits per heavy atom. The maximum absolute atomic E-state index is 13.2. The van der Waals surface area contributed by atoms with E-state index in [1.807, 2.05) is 38.1 Å². The van der Waals surface area contributed by atoms with Crippen LogP contribution in [0.25, 0.3) is 10.9 Å². The van der Waals surface area contributed by atoms with Gasteiger partial charge in [-0.15, -0.1) is 0 Å². The molecule has 31 heavy (non-hydrogen) atoms. The molecule has 1 saturated heterocycles. The number of benzene rings is 1. The molecule has 4 rings (SSSR count). The first kappa shape index (κ1) is 22.2. The van der Waals surface area contributed by atoms with Crippen LogP contribution < -0.4 is 5.32 Å². The highest BCUT2D eigenvalue weighted by molar-refractivity contribution is 7.89. The Hall–Kier alpha value is -2.03. The number of morpholine rings is 1. The van der Waals surface area contributed by atoms with Crippen molar-refractivity contribution in [3.8, 4) is 0 Å². The first-order valence-corrected chi connectivity index (χ1v) is 12.7. The molecule has 1 aliphatic carbocycles. The summed E-state index contributed by atoms with van der Waals surface area (Å²) in [6.07, 6.45) is 2.48. The van der Waals surface area contributed by atoms with Crippen molar-refractivity contribution in [1.29, 1.82) is 0 Å². The Balaban J connectivity index is 1.52. The standard InChI is InChI=1S/C23H31N3O4S/c1-15-8-9-21-19(12-15)22(18-6-4-5-7-20(18)25-21)23(27)24-10-11-31(28,29)26-13-16(2)30-17(3)14-26/h4-7,15-17H,8-14H2,1-3H3,(H,24,27)/t15-,16-,17+/m0/s1. The van der Waals surface area contributed by atoms with Crippen LogP contribution in [0.1, 0.15) is 48.8 Å². The van der Waals surface area contributed by atoms with Crippen molar-refractivity contribution in [3.63, 3.8) is 0 Å². The van der Waals surface area contributed by atoms with Crippen LogP contribution in [0.5, 0.6) is 0 Å². The van der Waals surface area contributed by atoms with Gasteiger partial charge >= 0.3 is 0 Å². The summed E-state index contributed by atoms with van der Waals surface area (Å²) >= 11 is 0. The van der Waals surface area contributed by atoms with Gasteiger partial charge in [-0.25, -0.2) is 8.42 Å². The molecule has 7 nitrogen and oxygen atoms in total. The maximum atomic E-state index is 13.2. The second-order valence-corrected chi connectivity index (χ2v) is 11.0. The van der Waals surface area contributed by atoms with Crippen LogP contribution in [0.3, 0.4) is 0 Å². The number of aromatic nitrogens is 1. The molecule has 0 radical (unpaired) electrons. The molecule has 1 N–H and O–H groups in total. The van der Waals surface area contributed by atoms with Gasteiger partial charge in [0.1, 0.15) is 0 Å². The molecule has 0 spiro atoms. The van der Waals surface area contributed by atoms with Gasteiger partial charge in [-0.05, 0) is 50.7 Å². The van der Waals surface area contributed by atoms with Gasteiger partial charge in [-0.2, -0.15) is 4.31 Å². The molecule has 2 aliphatic rings. The number of amides is 1. The molecular weight excluding hydrogens is 414 g/mol. The molecule has 0 unspecified atom stereocenters. The summed E-state index contributed by atoms with van der Waals surface area (Å²) < 4.78 is 32.7. The van der Waals surface area contributed by atoms with Gasteiger partial charge in [0.15, 0.2) is 0 Å². The molecule has 3 atom stereocenters. The molecule has 0 bridgehead atoms. The smallest absolute Gasteiger partial charge is 0.252 e. The Morgan fingerprint density at radius 2 is 1.90 bits per heavy atom. The SMILES string of the molecule is C[C@H]1CCc2nc3ccccc3c(C(=O)NCCS(=O)(=O)N3C[C@@H](C)O[C@@H](C)C3)c2C1. The lowest BCUT2D eigenvalue weighted by Crippen LogP contribution is -2.49. The number of para-hydroxylation sites is 1. The highest BCUT2D eigenvalue weighted by atomic mass is 32.2. The lowest BCUT2D eigenvalue weighted by atomic mass is 9.84. The van der Waals surface area contributed by atoms with Crippen LogP contribution in [0.4, 0.5) is 0 Å². The van der Waals surface area contributed by atoms with Gasteiger partial charge in [0.25, 0.3) is 5.91 Å². The van der Waals surface area contributed by atoms with E-state index in [-0.39, 0.29) is 30.4 Å². The summed E-state index contributed by atoms with van der Waals surface area (Å²) in [6.45, 7) is 6.71. The molecule has 0 saturated carbocycles. The molecule has 2 aromatic rings. The van der Waals surface area contributed by atoms with Gasteiger partial charge in [0.2, 0.25) is 10.0 Å². The van der Waals surface area contributed by atoms with Crippen molar-refractivity contribution in [2.24, 2.45) is 5.92 Å². The van der Waals surface area contributed by atoms with Gasteiger partial charge in [-0.1, -0.05) is 25.1 Å². The van der Waals surface area contributed by atoms with Gasteiger partial charge in [-0.3, -0.25) is 9.78 Å². The van der Waals surface area contributed by atoms with Crippen LogP contribution >= 0.6 is 0 Å². The zero-order chi connectivity index (χ0) is 22.2. The van der Waals surface area contributed by atoms with Crippen molar-refractivity contribution in [2.45, 2.75) is 52.2 Å². The van der Waals surface area contributed by atoms with E-state index in [0.29, 0.717) is 24.6 Å². The monoisotopic (exact) mass is 445 g/mol. The maximum Gasteiger partial charge on any atom is 0.252 e. The van der Waals surface area contributed by atoms with E-state index < -0.39 is 10.0 Å². The fourth-order valence-electron chi connectivity index (χ4n) is 4.69. The molecule has 1 amide bonds. The Labute approximate surface area is 184 Å². The molecule has 8 heteroatoms. The zero-order valence-corrected chi connectivity index (χ0v) is 19.2. The van der Waals surface area contributed by atoms with Crippen molar-refractivity contribution in [3.05, 3.63) is 41.1 Å². The van der Waals surface area contributed by atoms with E-state index in [4.69, 9.17) is 9.72 Å². The number of fused-ring (bicyclic) bond motifs is 2. The summed E-state index contributed by atoms with van der Waals surface area (Å²) in [6, 6.07) is 7.68. The third-order valence-corrected chi connectivity index (χ3v) is 7.96. The predicted octanol–water partition coefficient (Wildman–Crippen LogP) is 2.53. The molecule has 1 aromatic carbocycles. The second-order valence-electron chi connectivity index (χ2n) is 8.92. The zero-order valence-electron chi connectivity index (χ0n) is 18.4. The first-order chi connectivity index (χ1) is 14.7. The van der Waals surface area contributed by atoms with E-state index in [9.17, 15) is 13.2 Å². The predicted molar refractivity (Wildman–Crippen MR) is 121 cm³/mol. The number of aryl methyl sites for hydroxylation is 1. The van der Waals surface area contributed by atoms with Crippen LogP contribution in [-0.2, 0) is 27.6 Å². The van der Waals surface area contributed by atoms with Crippen molar-refractivity contribution in [1.82, 2.24) is 14.6 Å². The molecule has 1 aromatic heterocycles. The Bertz CT molecular complexity index is 1080. The van der Waals surface area contributed by atoms with Crippen LogP contribution in [0.15, 0.2) is 24.3 Å². The third-order valence-electron chi connectivity index (χ3n) is 6.16. The minimum absolute atomic E-state index is 0.0717.